The van der Waals surface area contributed by atoms with Gasteiger partial charge in [-0.1, -0.05) is 38.8 Å². The van der Waals surface area contributed by atoms with Gasteiger partial charge in [0.15, 0.2) is 0 Å². The Morgan fingerprint density at radius 3 is 2.39 bits per heavy atom. The zero-order valence-electron chi connectivity index (χ0n) is 17.2. The van der Waals surface area contributed by atoms with Crippen LogP contribution in [0.2, 0.25) is 0 Å². The van der Waals surface area contributed by atoms with Gasteiger partial charge in [-0.15, -0.1) is 23.5 Å². The number of carbonyl (C=O) groups excluding carboxylic acids is 1. The van der Waals surface area contributed by atoms with Crippen molar-refractivity contribution < 1.29 is 9.53 Å². The summed E-state index contributed by atoms with van der Waals surface area (Å²) in [5.74, 6) is 3.11. The van der Waals surface area contributed by atoms with Gasteiger partial charge in [0.1, 0.15) is 0 Å². The van der Waals surface area contributed by atoms with Crippen LogP contribution in [0.1, 0.15) is 53.6 Å². The van der Waals surface area contributed by atoms with E-state index in [1.165, 1.54) is 23.5 Å². The van der Waals surface area contributed by atoms with E-state index < -0.39 is 0 Å². The molecule has 156 valence electrons. The molecule has 6 heteroatoms. The molecule has 2 saturated heterocycles. The molecule has 0 saturated carbocycles. The summed E-state index contributed by atoms with van der Waals surface area (Å²) < 4.78 is 6.04. The number of thioether (sulfide) groups is 2. The number of nitrogens with zero attached hydrogens (tertiary/aromatic N) is 1. The summed E-state index contributed by atoms with van der Waals surface area (Å²) in [6, 6.07) is 8.62. The van der Waals surface area contributed by atoms with E-state index in [9.17, 15) is 4.79 Å². The number of amides is 1. The molecular formula is C22H34N2O2S2. The Balaban J connectivity index is 1.58. The van der Waals surface area contributed by atoms with Crippen LogP contribution in [0.15, 0.2) is 24.3 Å². The minimum absolute atomic E-state index is 0.0414. The molecule has 0 bridgehead atoms. The van der Waals surface area contributed by atoms with E-state index in [0.717, 1.165) is 44.7 Å². The molecule has 1 aromatic rings. The van der Waals surface area contributed by atoms with Crippen LogP contribution in [0.25, 0.3) is 0 Å². The highest BCUT2D eigenvalue weighted by Crippen LogP contribution is 2.43. The van der Waals surface area contributed by atoms with Crippen molar-refractivity contribution in [2.75, 3.05) is 44.4 Å². The zero-order valence-corrected chi connectivity index (χ0v) is 18.8. The highest BCUT2D eigenvalue weighted by atomic mass is 32.2. The van der Waals surface area contributed by atoms with Crippen molar-refractivity contribution in [2.45, 2.75) is 43.7 Å². The topological polar surface area (TPSA) is 41.6 Å². The first-order valence-corrected chi connectivity index (χ1v) is 12.8. The third-order valence-corrected chi connectivity index (χ3v) is 8.87. The standard InChI is InChI=1S/C22H34N2O2S2/c1-3-17(4-2)20(24-10-12-26-13-11-24)16-23-21(25)18-6-8-19(9-7-18)22-27-14-5-15-28-22/h6-9,17,20,22H,3-5,10-16H2,1-2H3,(H,23,25). The molecule has 1 atom stereocenters. The fourth-order valence-electron chi connectivity index (χ4n) is 4.11. The van der Waals surface area contributed by atoms with Crippen LogP contribution in [0, 0.1) is 5.92 Å². The first kappa shape index (κ1) is 22.0. The van der Waals surface area contributed by atoms with Gasteiger partial charge in [-0.05, 0) is 41.5 Å². The lowest BCUT2D eigenvalue weighted by Gasteiger charge is -2.38. The van der Waals surface area contributed by atoms with Crippen molar-refractivity contribution in [1.29, 1.82) is 0 Å². The number of hydrogen-bond acceptors (Lipinski definition) is 5. The molecule has 2 aliphatic rings. The number of hydrogen-bond donors (Lipinski definition) is 1. The predicted molar refractivity (Wildman–Crippen MR) is 121 cm³/mol. The summed E-state index contributed by atoms with van der Waals surface area (Å²) in [4.78, 5) is 15.3. The molecule has 28 heavy (non-hydrogen) atoms. The molecule has 0 radical (unpaired) electrons. The normalized spacial score (nSPS) is 20.2. The van der Waals surface area contributed by atoms with E-state index in [1.807, 2.05) is 35.7 Å². The molecule has 3 rings (SSSR count). The van der Waals surface area contributed by atoms with Crippen LogP contribution in [-0.2, 0) is 4.74 Å². The van der Waals surface area contributed by atoms with Crippen molar-refractivity contribution in [3.05, 3.63) is 35.4 Å². The second-order valence-electron chi connectivity index (χ2n) is 7.55. The lowest BCUT2D eigenvalue weighted by atomic mass is 9.92. The van der Waals surface area contributed by atoms with E-state index in [1.54, 1.807) is 0 Å². The number of rotatable bonds is 8. The molecular weight excluding hydrogens is 388 g/mol. The second kappa shape index (κ2) is 11.5. The van der Waals surface area contributed by atoms with Crippen molar-refractivity contribution in [1.82, 2.24) is 10.2 Å². The van der Waals surface area contributed by atoms with Gasteiger partial charge in [0.05, 0.1) is 17.8 Å². The fraction of sp³-hybridized carbons (Fsp3) is 0.682. The highest BCUT2D eigenvalue weighted by molar-refractivity contribution is 8.16. The van der Waals surface area contributed by atoms with Gasteiger partial charge in [0.25, 0.3) is 5.91 Å². The number of ether oxygens (including phenoxy) is 1. The van der Waals surface area contributed by atoms with E-state index in [2.05, 4.69) is 36.2 Å². The molecule has 1 amide bonds. The second-order valence-corrected chi connectivity index (χ2v) is 10.3. The summed E-state index contributed by atoms with van der Waals surface area (Å²) in [5.41, 5.74) is 2.09. The molecule has 1 aromatic carbocycles. The summed E-state index contributed by atoms with van der Waals surface area (Å²) in [7, 11) is 0. The maximum absolute atomic E-state index is 12.8. The Hall–Kier alpha value is -0.690. The van der Waals surface area contributed by atoms with Crippen molar-refractivity contribution in [2.24, 2.45) is 5.92 Å². The van der Waals surface area contributed by atoms with Crippen LogP contribution in [0.4, 0.5) is 0 Å². The van der Waals surface area contributed by atoms with Gasteiger partial charge in [-0.2, -0.15) is 0 Å². The maximum atomic E-state index is 12.8. The van der Waals surface area contributed by atoms with Crippen LogP contribution in [0.5, 0.6) is 0 Å². The Morgan fingerprint density at radius 2 is 1.79 bits per heavy atom. The largest absolute Gasteiger partial charge is 0.379 e. The quantitative estimate of drug-likeness (QED) is 0.671. The molecule has 2 heterocycles. The van der Waals surface area contributed by atoms with Crippen LogP contribution >= 0.6 is 23.5 Å². The fourth-order valence-corrected chi connectivity index (χ4v) is 7.00. The smallest absolute Gasteiger partial charge is 0.251 e. The van der Waals surface area contributed by atoms with Gasteiger partial charge < -0.3 is 10.1 Å². The van der Waals surface area contributed by atoms with Crippen LogP contribution in [0.3, 0.4) is 0 Å². The van der Waals surface area contributed by atoms with Crippen molar-refractivity contribution >= 4 is 29.4 Å². The molecule has 2 aliphatic heterocycles. The number of nitrogens with one attached hydrogen (secondary N) is 1. The zero-order chi connectivity index (χ0) is 19.8. The average Bonchev–Trinajstić information content (AvgIpc) is 2.77. The number of benzene rings is 1. The first-order valence-electron chi connectivity index (χ1n) is 10.7. The van der Waals surface area contributed by atoms with Crippen molar-refractivity contribution in [3.8, 4) is 0 Å². The third kappa shape index (κ3) is 5.91. The van der Waals surface area contributed by atoms with Crippen LogP contribution < -0.4 is 5.32 Å². The molecule has 1 unspecified atom stereocenters. The monoisotopic (exact) mass is 422 g/mol. The van der Waals surface area contributed by atoms with Gasteiger partial charge in [-0.3, -0.25) is 9.69 Å². The Bertz CT molecular complexity index is 595. The Kier molecular flexibility index (Phi) is 9.03. The minimum atomic E-state index is 0.0414. The molecule has 1 N–H and O–H groups in total. The average molecular weight is 423 g/mol. The molecule has 4 nitrogen and oxygen atoms in total. The lowest BCUT2D eigenvalue weighted by molar-refractivity contribution is 0.00191. The number of morpholine rings is 1. The summed E-state index contributed by atoms with van der Waals surface area (Å²) >= 11 is 4.03. The van der Waals surface area contributed by atoms with Crippen molar-refractivity contribution in [3.63, 3.8) is 0 Å². The predicted octanol–water partition coefficient (Wildman–Crippen LogP) is 4.42. The molecule has 0 spiro atoms. The maximum Gasteiger partial charge on any atom is 0.251 e. The highest BCUT2D eigenvalue weighted by Gasteiger charge is 2.27. The van der Waals surface area contributed by atoms with E-state index in [4.69, 9.17) is 4.74 Å². The molecule has 2 fully saturated rings. The van der Waals surface area contributed by atoms with Crippen LogP contribution in [-0.4, -0.2) is 61.2 Å². The van der Waals surface area contributed by atoms with Gasteiger partial charge >= 0.3 is 0 Å². The van der Waals surface area contributed by atoms with Gasteiger partial charge in [0.2, 0.25) is 0 Å². The van der Waals surface area contributed by atoms with E-state index in [-0.39, 0.29) is 5.91 Å². The Morgan fingerprint density at radius 1 is 1.14 bits per heavy atom. The molecule has 0 aromatic heterocycles. The summed E-state index contributed by atoms with van der Waals surface area (Å²) in [6.07, 6.45) is 3.58. The molecule has 0 aliphatic carbocycles. The van der Waals surface area contributed by atoms with Gasteiger partial charge in [-0.25, -0.2) is 0 Å². The SMILES string of the molecule is CCC(CC)C(CNC(=O)c1ccc(C2SCCCS2)cc1)N1CCOCC1. The third-order valence-electron chi connectivity index (χ3n) is 5.85. The number of carbonyl (C=O) groups is 1. The van der Waals surface area contributed by atoms with E-state index >= 15 is 0 Å². The minimum Gasteiger partial charge on any atom is -0.379 e. The summed E-state index contributed by atoms with van der Waals surface area (Å²) in [6.45, 7) is 8.73. The van der Waals surface area contributed by atoms with E-state index in [0.29, 0.717) is 23.1 Å². The lowest BCUT2D eigenvalue weighted by Crippen LogP contribution is -2.52. The first-order chi connectivity index (χ1) is 13.7. The Labute approximate surface area is 178 Å². The summed E-state index contributed by atoms with van der Waals surface area (Å²) in [5, 5.41) is 3.21. The van der Waals surface area contributed by atoms with Gasteiger partial charge in [0, 0.05) is 31.2 Å².